The first-order chi connectivity index (χ1) is 15.4. The fourth-order valence-corrected chi connectivity index (χ4v) is 5.43. The SMILES string of the molecule is COc1ccc(OC)c([C@@H]2[C@@H]3CCCC[C@]3(O)CCN2CC(=O)Nc2ccc(C)cc2)c1. The molecule has 2 N–H and O–H groups in total. The molecule has 2 fully saturated rings. The first kappa shape index (κ1) is 22.6. The number of nitrogens with zero attached hydrogens (tertiary/aromatic N) is 1. The summed E-state index contributed by atoms with van der Waals surface area (Å²) >= 11 is 0. The van der Waals surface area contributed by atoms with Gasteiger partial charge in [0.15, 0.2) is 0 Å². The van der Waals surface area contributed by atoms with Gasteiger partial charge in [0, 0.05) is 29.8 Å². The Kier molecular flexibility index (Phi) is 6.72. The molecule has 3 atom stereocenters. The average Bonchev–Trinajstić information content (AvgIpc) is 2.80. The van der Waals surface area contributed by atoms with Crippen LogP contribution in [0.15, 0.2) is 42.5 Å². The summed E-state index contributed by atoms with van der Waals surface area (Å²) in [5.74, 6) is 1.49. The van der Waals surface area contributed by atoms with Crippen molar-refractivity contribution in [3.8, 4) is 11.5 Å². The Balaban J connectivity index is 1.64. The predicted molar refractivity (Wildman–Crippen MR) is 125 cm³/mol. The maximum atomic E-state index is 13.0. The molecule has 0 spiro atoms. The third-order valence-electron chi connectivity index (χ3n) is 7.11. The molecular weight excluding hydrogens is 404 g/mol. The number of likely N-dealkylation sites (tertiary alicyclic amines) is 1. The first-order valence-electron chi connectivity index (χ1n) is 11.5. The molecule has 1 aliphatic carbocycles. The van der Waals surface area contributed by atoms with Gasteiger partial charge in [-0.05, 0) is 56.5 Å². The summed E-state index contributed by atoms with van der Waals surface area (Å²) < 4.78 is 11.2. The van der Waals surface area contributed by atoms with Crippen LogP contribution in [0, 0.1) is 12.8 Å². The third-order valence-corrected chi connectivity index (χ3v) is 7.11. The Bertz CT molecular complexity index is 945. The standard InChI is InChI=1S/C26H34N2O4/c1-18-7-9-19(10-8-18)27-24(29)17-28-15-14-26(30)13-5-4-6-22(26)25(28)21-16-20(31-2)11-12-23(21)32-3/h7-12,16,22,25,30H,4-6,13-15,17H2,1-3H3,(H,27,29)/t22-,25+,26-/m0/s1. The van der Waals surface area contributed by atoms with E-state index in [1.165, 1.54) is 0 Å². The fraction of sp³-hybridized carbons (Fsp3) is 0.500. The van der Waals surface area contributed by atoms with Crippen LogP contribution in [-0.4, -0.2) is 48.8 Å². The van der Waals surface area contributed by atoms with Gasteiger partial charge < -0.3 is 19.9 Å². The molecule has 6 nitrogen and oxygen atoms in total. The zero-order valence-corrected chi connectivity index (χ0v) is 19.3. The lowest BCUT2D eigenvalue weighted by Crippen LogP contribution is -2.56. The molecule has 0 radical (unpaired) electrons. The Morgan fingerprint density at radius 3 is 2.62 bits per heavy atom. The summed E-state index contributed by atoms with van der Waals surface area (Å²) in [6.07, 6.45) is 4.54. The quantitative estimate of drug-likeness (QED) is 0.703. The van der Waals surface area contributed by atoms with Crippen molar-refractivity contribution in [2.45, 2.75) is 50.7 Å². The number of aryl methyl sites for hydroxylation is 1. The van der Waals surface area contributed by atoms with E-state index in [0.29, 0.717) is 13.0 Å². The van der Waals surface area contributed by atoms with E-state index in [9.17, 15) is 9.90 Å². The Morgan fingerprint density at radius 1 is 1.12 bits per heavy atom. The second-order valence-corrected chi connectivity index (χ2v) is 9.14. The molecule has 1 amide bonds. The van der Waals surface area contributed by atoms with Gasteiger partial charge in [-0.25, -0.2) is 0 Å². The van der Waals surface area contributed by atoms with Crippen LogP contribution in [-0.2, 0) is 4.79 Å². The highest BCUT2D eigenvalue weighted by Gasteiger charge is 2.50. The number of hydrogen-bond donors (Lipinski definition) is 2. The van der Waals surface area contributed by atoms with Gasteiger partial charge >= 0.3 is 0 Å². The van der Waals surface area contributed by atoms with Gasteiger partial charge in [0.25, 0.3) is 0 Å². The monoisotopic (exact) mass is 438 g/mol. The molecule has 2 aromatic rings. The smallest absolute Gasteiger partial charge is 0.238 e. The van der Waals surface area contributed by atoms with Crippen molar-refractivity contribution in [1.82, 2.24) is 4.90 Å². The van der Waals surface area contributed by atoms with Crippen LogP contribution in [0.5, 0.6) is 11.5 Å². The van der Waals surface area contributed by atoms with Crippen molar-refractivity contribution in [3.05, 3.63) is 53.6 Å². The van der Waals surface area contributed by atoms with E-state index in [-0.39, 0.29) is 24.4 Å². The molecule has 0 bridgehead atoms. The van der Waals surface area contributed by atoms with Gasteiger partial charge in [0.05, 0.1) is 26.4 Å². The number of amides is 1. The second kappa shape index (κ2) is 9.51. The molecule has 0 unspecified atom stereocenters. The second-order valence-electron chi connectivity index (χ2n) is 9.14. The number of benzene rings is 2. The molecule has 1 saturated carbocycles. The number of anilines is 1. The van der Waals surface area contributed by atoms with Gasteiger partial charge in [-0.2, -0.15) is 0 Å². The van der Waals surface area contributed by atoms with Crippen molar-refractivity contribution in [2.24, 2.45) is 5.92 Å². The molecule has 1 saturated heterocycles. The number of methoxy groups -OCH3 is 2. The molecule has 2 aliphatic rings. The van der Waals surface area contributed by atoms with Gasteiger partial charge in [-0.15, -0.1) is 0 Å². The van der Waals surface area contributed by atoms with E-state index < -0.39 is 5.60 Å². The fourth-order valence-electron chi connectivity index (χ4n) is 5.43. The summed E-state index contributed by atoms with van der Waals surface area (Å²) in [6, 6.07) is 13.5. The molecule has 1 aliphatic heterocycles. The topological polar surface area (TPSA) is 71.0 Å². The highest BCUT2D eigenvalue weighted by atomic mass is 16.5. The highest BCUT2D eigenvalue weighted by Crippen LogP contribution is 2.51. The number of hydrogen-bond acceptors (Lipinski definition) is 5. The van der Waals surface area contributed by atoms with E-state index in [2.05, 4.69) is 10.2 Å². The van der Waals surface area contributed by atoms with Gasteiger partial charge in [0.2, 0.25) is 5.91 Å². The van der Waals surface area contributed by atoms with Crippen LogP contribution >= 0.6 is 0 Å². The van der Waals surface area contributed by atoms with Crippen LogP contribution in [0.4, 0.5) is 5.69 Å². The maximum Gasteiger partial charge on any atom is 0.238 e. The van der Waals surface area contributed by atoms with E-state index in [4.69, 9.17) is 9.47 Å². The lowest BCUT2D eigenvalue weighted by atomic mass is 9.66. The van der Waals surface area contributed by atoms with Crippen molar-refractivity contribution in [3.63, 3.8) is 0 Å². The van der Waals surface area contributed by atoms with Crippen LogP contribution < -0.4 is 14.8 Å². The molecule has 4 rings (SSSR count). The summed E-state index contributed by atoms with van der Waals surface area (Å²) in [4.78, 5) is 15.2. The number of carbonyl (C=O) groups is 1. The lowest BCUT2D eigenvalue weighted by Gasteiger charge is -2.52. The maximum absolute atomic E-state index is 13.0. The van der Waals surface area contributed by atoms with Crippen molar-refractivity contribution >= 4 is 11.6 Å². The summed E-state index contributed by atoms with van der Waals surface area (Å²) in [7, 11) is 3.31. The van der Waals surface area contributed by atoms with Crippen LogP contribution in [0.1, 0.15) is 49.3 Å². The summed E-state index contributed by atoms with van der Waals surface area (Å²) in [5.41, 5.74) is 2.21. The minimum absolute atomic E-state index is 0.0400. The lowest BCUT2D eigenvalue weighted by molar-refractivity contribution is -0.135. The highest BCUT2D eigenvalue weighted by molar-refractivity contribution is 5.92. The largest absolute Gasteiger partial charge is 0.497 e. The summed E-state index contributed by atoms with van der Waals surface area (Å²) in [5, 5.41) is 14.5. The van der Waals surface area contributed by atoms with Crippen molar-refractivity contribution in [2.75, 3.05) is 32.6 Å². The van der Waals surface area contributed by atoms with Gasteiger partial charge in [0.1, 0.15) is 11.5 Å². The Morgan fingerprint density at radius 2 is 1.91 bits per heavy atom. The minimum Gasteiger partial charge on any atom is -0.497 e. The molecule has 6 heteroatoms. The number of piperidine rings is 1. The number of rotatable bonds is 6. The van der Waals surface area contributed by atoms with E-state index >= 15 is 0 Å². The molecule has 32 heavy (non-hydrogen) atoms. The van der Waals surface area contributed by atoms with Gasteiger partial charge in [-0.3, -0.25) is 9.69 Å². The molecule has 172 valence electrons. The minimum atomic E-state index is -0.707. The number of carbonyl (C=O) groups excluding carboxylic acids is 1. The van der Waals surface area contributed by atoms with Crippen molar-refractivity contribution < 1.29 is 19.4 Å². The average molecular weight is 439 g/mol. The molecule has 1 heterocycles. The Labute approximate surface area is 190 Å². The van der Waals surface area contributed by atoms with E-state index in [1.54, 1.807) is 14.2 Å². The zero-order chi connectivity index (χ0) is 22.7. The van der Waals surface area contributed by atoms with Crippen LogP contribution in [0.25, 0.3) is 0 Å². The molecule has 2 aromatic carbocycles. The third kappa shape index (κ3) is 4.62. The number of ether oxygens (including phenoxy) is 2. The molecule has 0 aromatic heterocycles. The molecular formula is C26H34N2O4. The van der Waals surface area contributed by atoms with Crippen LogP contribution in [0.2, 0.25) is 0 Å². The van der Waals surface area contributed by atoms with Gasteiger partial charge in [-0.1, -0.05) is 30.5 Å². The normalized spacial score (nSPS) is 25.6. The zero-order valence-electron chi connectivity index (χ0n) is 19.3. The van der Waals surface area contributed by atoms with Crippen LogP contribution in [0.3, 0.4) is 0 Å². The van der Waals surface area contributed by atoms with E-state index in [0.717, 1.165) is 54.0 Å². The Hall–Kier alpha value is -2.57. The summed E-state index contributed by atoms with van der Waals surface area (Å²) in [6.45, 7) is 2.93. The first-order valence-corrected chi connectivity index (χ1v) is 11.5. The van der Waals surface area contributed by atoms with Crippen molar-refractivity contribution in [1.29, 1.82) is 0 Å². The number of aliphatic hydroxyl groups is 1. The predicted octanol–water partition coefficient (Wildman–Crippen LogP) is 4.32. The van der Waals surface area contributed by atoms with E-state index in [1.807, 2.05) is 49.4 Å². The number of nitrogens with one attached hydrogen (secondary N) is 1. The number of fused-ring (bicyclic) bond motifs is 1.